The van der Waals surface area contributed by atoms with Crippen molar-refractivity contribution in [3.63, 3.8) is 0 Å². The van der Waals surface area contributed by atoms with E-state index in [-0.39, 0.29) is 0 Å². The number of hydrogen-bond acceptors (Lipinski definition) is 4. The minimum atomic E-state index is -1.55. The van der Waals surface area contributed by atoms with Gasteiger partial charge in [0, 0.05) is 11.7 Å². The van der Waals surface area contributed by atoms with Crippen LogP contribution in [0.25, 0.3) is 11.3 Å². The average molecular weight is 200 g/mol. The molecule has 0 aliphatic rings. The van der Waals surface area contributed by atoms with Gasteiger partial charge in [0.05, 0.1) is 5.69 Å². The Balaban J connectivity index is 2.53. The lowest BCUT2D eigenvalue weighted by molar-refractivity contribution is 0.425. The van der Waals surface area contributed by atoms with Crippen LogP contribution in [0.1, 0.15) is 0 Å². The van der Waals surface area contributed by atoms with Gasteiger partial charge in [0.2, 0.25) is 0 Å². The predicted octanol–water partition coefficient (Wildman–Crippen LogP) is -0.177. The zero-order valence-electron chi connectivity index (χ0n) is 7.91. The molecule has 4 nitrogen and oxygen atoms in total. The molecule has 15 heavy (non-hydrogen) atoms. The molecule has 5 heteroatoms. The highest BCUT2D eigenvalue weighted by Gasteiger charge is 2.17. The Kier molecular flexibility index (Phi) is 2.76. The maximum absolute atomic E-state index is 9.14. The third-order valence-electron chi connectivity index (χ3n) is 2.07. The van der Waals surface area contributed by atoms with E-state index in [2.05, 4.69) is 9.97 Å². The number of hydrogen-bond donors (Lipinski definition) is 2. The van der Waals surface area contributed by atoms with Crippen molar-refractivity contribution in [2.24, 2.45) is 0 Å². The second-order valence-electron chi connectivity index (χ2n) is 3.07. The lowest BCUT2D eigenvalue weighted by atomic mass is 9.78. The van der Waals surface area contributed by atoms with E-state index in [0.717, 1.165) is 5.56 Å². The molecule has 0 radical (unpaired) electrons. The molecule has 0 amide bonds. The van der Waals surface area contributed by atoms with Gasteiger partial charge in [0.25, 0.3) is 0 Å². The lowest BCUT2D eigenvalue weighted by Gasteiger charge is -2.06. The van der Waals surface area contributed by atoms with Crippen LogP contribution in [0.3, 0.4) is 0 Å². The van der Waals surface area contributed by atoms with Crippen molar-refractivity contribution in [1.82, 2.24) is 9.97 Å². The molecule has 0 aliphatic heterocycles. The summed E-state index contributed by atoms with van der Waals surface area (Å²) in [5, 5.41) is 18.3. The first-order valence-electron chi connectivity index (χ1n) is 4.50. The highest BCUT2D eigenvalue weighted by molar-refractivity contribution is 6.60. The molecule has 2 N–H and O–H groups in total. The van der Waals surface area contributed by atoms with E-state index in [9.17, 15) is 0 Å². The lowest BCUT2D eigenvalue weighted by Crippen LogP contribution is -2.32. The minimum absolute atomic E-state index is 0.309. The first kappa shape index (κ1) is 9.83. The largest absolute Gasteiger partial charge is 0.492 e. The summed E-state index contributed by atoms with van der Waals surface area (Å²) >= 11 is 0. The minimum Gasteiger partial charge on any atom is -0.423 e. The van der Waals surface area contributed by atoms with E-state index in [1.807, 2.05) is 30.3 Å². The fraction of sp³-hybridized carbons (Fsp3) is 0. The van der Waals surface area contributed by atoms with Crippen LogP contribution < -0.4 is 5.46 Å². The summed E-state index contributed by atoms with van der Waals surface area (Å²) in [6.45, 7) is 0. The highest BCUT2D eigenvalue weighted by atomic mass is 16.4. The van der Waals surface area contributed by atoms with E-state index >= 15 is 0 Å². The van der Waals surface area contributed by atoms with E-state index in [4.69, 9.17) is 10.0 Å². The third kappa shape index (κ3) is 2.03. The Hall–Kier alpha value is -1.72. The number of benzene rings is 1. The second-order valence-corrected chi connectivity index (χ2v) is 3.07. The van der Waals surface area contributed by atoms with Crippen molar-refractivity contribution in [3.8, 4) is 11.3 Å². The predicted molar refractivity (Wildman–Crippen MR) is 57.3 cm³/mol. The van der Waals surface area contributed by atoms with Crippen LogP contribution in [-0.4, -0.2) is 27.1 Å². The van der Waals surface area contributed by atoms with E-state index in [1.54, 1.807) is 0 Å². The zero-order valence-corrected chi connectivity index (χ0v) is 7.91. The average Bonchev–Trinajstić information content (AvgIpc) is 2.30. The molecule has 74 valence electrons. The van der Waals surface area contributed by atoms with Gasteiger partial charge in [-0.2, -0.15) is 0 Å². The maximum atomic E-state index is 9.14. The fourth-order valence-corrected chi connectivity index (χ4v) is 1.37. The van der Waals surface area contributed by atoms with Gasteiger partial charge in [0.1, 0.15) is 6.33 Å². The van der Waals surface area contributed by atoms with E-state index in [1.165, 1.54) is 12.5 Å². The Labute approximate surface area is 87.4 Å². The SMILES string of the molecule is OB(O)c1cncnc1-c1ccccc1. The Bertz CT molecular complexity index is 448. The summed E-state index contributed by atoms with van der Waals surface area (Å²) in [6, 6.07) is 9.33. The van der Waals surface area contributed by atoms with Crippen molar-refractivity contribution < 1.29 is 10.0 Å². The summed E-state index contributed by atoms with van der Waals surface area (Å²) in [5.74, 6) is 0. The van der Waals surface area contributed by atoms with Crippen LogP contribution in [0.2, 0.25) is 0 Å². The van der Waals surface area contributed by atoms with Crippen LogP contribution in [0, 0.1) is 0 Å². The summed E-state index contributed by atoms with van der Waals surface area (Å²) < 4.78 is 0. The summed E-state index contributed by atoms with van der Waals surface area (Å²) in [5.41, 5.74) is 1.69. The molecule has 0 saturated heterocycles. The van der Waals surface area contributed by atoms with Gasteiger partial charge in [-0.25, -0.2) is 9.97 Å². The molecule has 2 aromatic rings. The molecule has 2 rings (SSSR count). The number of rotatable bonds is 2. The van der Waals surface area contributed by atoms with Crippen molar-refractivity contribution in [3.05, 3.63) is 42.9 Å². The van der Waals surface area contributed by atoms with Crippen LogP contribution in [0.15, 0.2) is 42.9 Å². The standard InChI is InChI=1S/C10H9BN2O2/c14-11(15)9-6-12-7-13-10(9)8-4-2-1-3-5-8/h1-7,14-15H. The molecular weight excluding hydrogens is 191 g/mol. The van der Waals surface area contributed by atoms with Crippen LogP contribution in [0.5, 0.6) is 0 Å². The number of aromatic nitrogens is 2. The van der Waals surface area contributed by atoms with Gasteiger partial charge in [-0.15, -0.1) is 0 Å². The molecule has 1 aromatic carbocycles. The second kappa shape index (κ2) is 4.21. The molecular formula is C10H9BN2O2. The fourth-order valence-electron chi connectivity index (χ4n) is 1.37. The van der Waals surface area contributed by atoms with E-state index < -0.39 is 7.12 Å². The monoisotopic (exact) mass is 200 g/mol. The van der Waals surface area contributed by atoms with Gasteiger partial charge < -0.3 is 10.0 Å². The third-order valence-corrected chi connectivity index (χ3v) is 2.07. The van der Waals surface area contributed by atoms with Crippen molar-refractivity contribution in [2.45, 2.75) is 0 Å². The highest BCUT2D eigenvalue weighted by Crippen LogP contribution is 2.12. The topological polar surface area (TPSA) is 66.2 Å². The molecule has 0 bridgehead atoms. The Morgan fingerprint density at radius 3 is 2.47 bits per heavy atom. The van der Waals surface area contributed by atoms with Crippen molar-refractivity contribution in [2.75, 3.05) is 0 Å². The normalized spacial score (nSPS) is 10.0. The van der Waals surface area contributed by atoms with E-state index in [0.29, 0.717) is 11.2 Å². The summed E-state index contributed by atoms with van der Waals surface area (Å²) in [4.78, 5) is 7.80. The summed E-state index contributed by atoms with van der Waals surface area (Å²) in [6.07, 6.45) is 2.79. The van der Waals surface area contributed by atoms with Crippen LogP contribution >= 0.6 is 0 Å². The van der Waals surface area contributed by atoms with Gasteiger partial charge >= 0.3 is 7.12 Å². The summed E-state index contributed by atoms with van der Waals surface area (Å²) in [7, 11) is -1.55. The molecule has 0 saturated carbocycles. The number of nitrogens with zero attached hydrogens (tertiary/aromatic N) is 2. The van der Waals surface area contributed by atoms with Gasteiger partial charge in [0.15, 0.2) is 0 Å². The molecule has 0 spiro atoms. The quantitative estimate of drug-likeness (QED) is 0.660. The van der Waals surface area contributed by atoms with Gasteiger partial charge in [-0.3, -0.25) is 0 Å². The van der Waals surface area contributed by atoms with Crippen molar-refractivity contribution >= 4 is 12.6 Å². The smallest absolute Gasteiger partial charge is 0.423 e. The molecule has 0 aliphatic carbocycles. The molecule has 0 fully saturated rings. The molecule has 1 heterocycles. The Morgan fingerprint density at radius 2 is 1.80 bits per heavy atom. The first-order chi connectivity index (χ1) is 7.29. The van der Waals surface area contributed by atoms with Gasteiger partial charge in [-0.1, -0.05) is 30.3 Å². The van der Waals surface area contributed by atoms with Gasteiger partial charge in [-0.05, 0) is 5.56 Å². The molecule has 0 unspecified atom stereocenters. The van der Waals surface area contributed by atoms with Crippen LogP contribution in [0.4, 0.5) is 0 Å². The maximum Gasteiger partial charge on any atom is 0.492 e. The van der Waals surface area contributed by atoms with Crippen molar-refractivity contribution in [1.29, 1.82) is 0 Å². The molecule has 1 aromatic heterocycles. The first-order valence-corrected chi connectivity index (χ1v) is 4.50. The Morgan fingerprint density at radius 1 is 1.07 bits per heavy atom. The zero-order chi connectivity index (χ0) is 10.7. The molecule has 0 atom stereocenters. The van der Waals surface area contributed by atoms with Crippen LogP contribution in [-0.2, 0) is 0 Å².